The first-order valence-electron chi connectivity index (χ1n) is 9.25. The first-order valence-corrected chi connectivity index (χ1v) is 11.1. The van der Waals surface area contributed by atoms with Crippen LogP contribution in [0.15, 0.2) is 59.5 Å². The van der Waals surface area contributed by atoms with Gasteiger partial charge in [-0.05, 0) is 49.6 Å². The predicted molar refractivity (Wildman–Crippen MR) is 115 cm³/mol. The van der Waals surface area contributed by atoms with Gasteiger partial charge >= 0.3 is 5.97 Å². The lowest BCUT2D eigenvalue weighted by molar-refractivity contribution is -0.146. The standard InChI is InChI=1S/C21H21ClN2O5S/c1-13-10-11-14(23-20(25)15-6-2-3-7-16(15)21(26)27)12-19(13)30(28,29)24-18-9-5-4-8-17(18)22/h2-5,8-12,15-16,24H,6-7H2,1H3,(H,23,25)(H,26,27)/t15-,16+/m0/s1. The van der Waals surface area contributed by atoms with Gasteiger partial charge in [-0.25, -0.2) is 8.42 Å². The van der Waals surface area contributed by atoms with Crippen molar-refractivity contribution in [2.45, 2.75) is 24.7 Å². The lowest BCUT2D eigenvalue weighted by atomic mass is 9.82. The van der Waals surface area contributed by atoms with Crippen molar-refractivity contribution in [3.8, 4) is 0 Å². The zero-order valence-electron chi connectivity index (χ0n) is 16.1. The van der Waals surface area contributed by atoms with Crippen molar-refractivity contribution in [3.05, 3.63) is 65.2 Å². The minimum Gasteiger partial charge on any atom is -0.481 e. The largest absolute Gasteiger partial charge is 0.481 e. The van der Waals surface area contributed by atoms with Gasteiger partial charge in [0.2, 0.25) is 5.91 Å². The third-order valence-electron chi connectivity index (χ3n) is 4.95. The Labute approximate surface area is 179 Å². The molecule has 1 aliphatic rings. The average Bonchev–Trinajstić information content (AvgIpc) is 2.71. The summed E-state index contributed by atoms with van der Waals surface area (Å²) in [7, 11) is -3.96. The summed E-state index contributed by atoms with van der Waals surface area (Å²) in [5.74, 6) is -3.03. The van der Waals surface area contributed by atoms with Gasteiger partial charge in [-0.1, -0.05) is 42.0 Å². The first kappa shape index (κ1) is 21.9. The summed E-state index contributed by atoms with van der Waals surface area (Å²) in [4.78, 5) is 24.1. The molecule has 30 heavy (non-hydrogen) atoms. The number of nitrogens with one attached hydrogen (secondary N) is 2. The van der Waals surface area contributed by atoms with E-state index in [1.54, 1.807) is 55.5 Å². The Morgan fingerprint density at radius 3 is 2.40 bits per heavy atom. The molecule has 0 bridgehead atoms. The summed E-state index contributed by atoms with van der Waals surface area (Å²) >= 11 is 6.05. The number of carbonyl (C=O) groups excluding carboxylic acids is 1. The smallest absolute Gasteiger partial charge is 0.307 e. The Hall–Kier alpha value is -2.84. The Balaban J connectivity index is 1.84. The van der Waals surface area contributed by atoms with Gasteiger partial charge in [0.25, 0.3) is 10.0 Å². The van der Waals surface area contributed by atoms with Gasteiger partial charge in [0.15, 0.2) is 0 Å². The molecule has 1 amide bonds. The number of amides is 1. The molecule has 2 atom stereocenters. The summed E-state index contributed by atoms with van der Waals surface area (Å²) in [5, 5.41) is 12.3. The van der Waals surface area contributed by atoms with Crippen molar-refractivity contribution in [2.24, 2.45) is 11.8 Å². The SMILES string of the molecule is Cc1ccc(NC(=O)[C@H]2CC=CC[C@H]2C(=O)O)cc1S(=O)(=O)Nc1ccccc1Cl. The van der Waals surface area contributed by atoms with Crippen molar-refractivity contribution in [1.29, 1.82) is 0 Å². The molecule has 0 spiro atoms. The van der Waals surface area contributed by atoms with E-state index in [9.17, 15) is 23.1 Å². The second-order valence-corrected chi connectivity index (χ2v) is 9.11. The van der Waals surface area contributed by atoms with Crippen LogP contribution < -0.4 is 10.0 Å². The van der Waals surface area contributed by atoms with Crippen LogP contribution in [-0.2, 0) is 19.6 Å². The second-order valence-electron chi connectivity index (χ2n) is 7.05. The minimum atomic E-state index is -3.96. The normalized spacial score (nSPS) is 18.6. The topological polar surface area (TPSA) is 113 Å². The second kappa shape index (κ2) is 8.89. The van der Waals surface area contributed by atoms with E-state index in [-0.39, 0.29) is 27.7 Å². The molecule has 3 N–H and O–H groups in total. The molecule has 158 valence electrons. The molecule has 1 aliphatic carbocycles. The number of para-hydroxylation sites is 1. The molecule has 0 aliphatic heterocycles. The zero-order chi connectivity index (χ0) is 21.9. The molecule has 0 aromatic heterocycles. The van der Waals surface area contributed by atoms with Crippen LogP contribution in [0.2, 0.25) is 5.02 Å². The third-order valence-corrected chi connectivity index (χ3v) is 6.79. The number of carboxylic acids is 1. The van der Waals surface area contributed by atoms with Gasteiger partial charge in [0, 0.05) is 5.69 Å². The monoisotopic (exact) mass is 448 g/mol. The summed E-state index contributed by atoms with van der Waals surface area (Å²) < 4.78 is 28.2. The van der Waals surface area contributed by atoms with E-state index in [0.29, 0.717) is 12.0 Å². The maximum absolute atomic E-state index is 12.9. The van der Waals surface area contributed by atoms with Crippen LogP contribution in [0.1, 0.15) is 18.4 Å². The van der Waals surface area contributed by atoms with Crippen LogP contribution in [-0.4, -0.2) is 25.4 Å². The van der Waals surface area contributed by atoms with Crippen LogP contribution in [0.4, 0.5) is 11.4 Å². The highest BCUT2D eigenvalue weighted by atomic mass is 35.5. The minimum absolute atomic E-state index is 0.0152. The van der Waals surface area contributed by atoms with Crippen LogP contribution in [0.3, 0.4) is 0 Å². The first-order chi connectivity index (χ1) is 14.2. The molecule has 0 heterocycles. The Bertz CT molecular complexity index is 1110. The molecule has 0 saturated heterocycles. The van der Waals surface area contributed by atoms with E-state index in [4.69, 9.17) is 11.6 Å². The van der Waals surface area contributed by atoms with Crippen molar-refractivity contribution < 1.29 is 23.1 Å². The molecule has 3 rings (SSSR count). The van der Waals surface area contributed by atoms with Crippen molar-refractivity contribution >= 4 is 44.9 Å². The molecule has 7 nitrogen and oxygen atoms in total. The van der Waals surface area contributed by atoms with Crippen LogP contribution in [0, 0.1) is 18.8 Å². The molecule has 0 radical (unpaired) electrons. The number of aryl methyl sites for hydroxylation is 1. The lowest BCUT2D eigenvalue weighted by Gasteiger charge is -2.24. The number of hydrogen-bond acceptors (Lipinski definition) is 4. The van der Waals surface area contributed by atoms with E-state index in [1.807, 2.05) is 0 Å². The molecule has 0 fully saturated rings. The molecule has 9 heteroatoms. The van der Waals surface area contributed by atoms with E-state index in [2.05, 4.69) is 10.0 Å². The molecular formula is C21H21ClN2O5S. The predicted octanol–water partition coefficient (Wildman–Crippen LogP) is 4.05. The van der Waals surface area contributed by atoms with Crippen LogP contribution in [0.25, 0.3) is 0 Å². The Morgan fingerprint density at radius 1 is 1.07 bits per heavy atom. The fourth-order valence-electron chi connectivity index (χ4n) is 3.32. The number of carbonyl (C=O) groups is 2. The number of sulfonamides is 1. The number of halogens is 1. The number of rotatable bonds is 6. The highest BCUT2D eigenvalue weighted by Gasteiger charge is 2.34. The van der Waals surface area contributed by atoms with E-state index in [0.717, 1.165) is 0 Å². The zero-order valence-corrected chi connectivity index (χ0v) is 17.7. The fourth-order valence-corrected chi connectivity index (χ4v) is 4.91. The van der Waals surface area contributed by atoms with E-state index in [1.165, 1.54) is 6.07 Å². The number of carboxylic acid groups (broad SMARTS) is 1. The fraction of sp³-hybridized carbons (Fsp3) is 0.238. The van der Waals surface area contributed by atoms with Crippen molar-refractivity contribution in [1.82, 2.24) is 0 Å². The van der Waals surface area contributed by atoms with Gasteiger partial charge in [-0.3, -0.25) is 14.3 Å². The molecule has 0 saturated carbocycles. The number of allylic oxidation sites excluding steroid dienone is 2. The van der Waals surface area contributed by atoms with Crippen molar-refractivity contribution in [2.75, 3.05) is 10.0 Å². The average molecular weight is 449 g/mol. The maximum atomic E-state index is 12.9. The van der Waals surface area contributed by atoms with E-state index < -0.39 is 33.7 Å². The third kappa shape index (κ3) is 4.83. The highest BCUT2D eigenvalue weighted by Crippen LogP contribution is 2.29. The van der Waals surface area contributed by atoms with Gasteiger partial charge < -0.3 is 10.4 Å². The summed E-state index contributed by atoms with van der Waals surface area (Å²) in [6.45, 7) is 1.64. The number of anilines is 2. The van der Waals surface area contributed by atoms with Crippen LogP contribution in [0.5, 0.6) is 0 Å². The summed E-state index contributed by atoms with van der Waals surface area (Å²) in [5.41, 5.74) is 0.992. The highest BCUT2D eigenvalue weighted by molar-refractivity contribution is 7.92. The lowest BCUT2D eigenvalue weighted by Crippen LogP contribution is -2.34. The van der Waals surface area contributed by atoms with Gasteiger partial charge in [0.05, 0.1) is 27.4 Å². The maximum Gasteiger partial charge on any atom is 0.307 e. The number of aliphatic carboxylic acids is 1. The number of hydrogen-bond donors (Lipinski definition) is 3. The van der Waals surface area contributed by atoms with Gasteiger partial charge in [0.1, 0.15) is 0 Å². The quantitative estimate of drug-likeness (QED) is 0.577. The summed E-state index contributed by atoms with van der Waals surface area (Å²) in [6.07, 6.45) is 4.12. The molecule has 0 unspecified atom stereocenters. The summed E-state index contributed by atoms with van der Waals surface area (Å²) in [6, 6.07) is 11.0. The van der Waals surface area contributed by atoms with Crippen molar-refractivity contribution in [3.63, 3.8) is 0 Å². The molecule has 2 aromatic rings. The van der Waals surface area contributed by atoms with E-state index >= 15 is 0 Å². The van der Waals surface area contributed by atoms with Crippen LogP contribution >= 0.6 is 11.6 Å². The molecule has 2 aromatic carbocycles. The molecular weight excluding hydrogens is 428 g/mol. The number of benzene rings is 2. The Kier molecular flexibility index (Phi) is 6.48. The van der Waals surface area contributed by atoms with Gasteiger partial charge in [-0.2, -0.15) is 0 Å². The Morgan fingerprint density at radius 2 is 1.73 bits per heavy atom. The van der Waals surface area contributed by atoms with Gasteiger partial charge in [-0.15, -0.1) is 0 Å².